The predicted molar refractivity (Wildman–Crippen MR) is 149 cm³/mol. The van der Waals surface area contributed by atoms with Crippen LogP contribution in [-0.2, 0) is 0 Å². The molecule has 8 heteroatoms. The van der Waals surface area contributed by atoms with E-state index in [-0.39, 0.29) is 12.3 Å². The van der Waals surface area contributed by atoms with Gasteiger partial charge in [-0.15, -0.1) is 0 Å². The van der Waals surface area contributed by atoms with Crippen molar-refractivity contribution < 1.29 is 4.42 Å². The van der Waals surface area contributed by atoms with Gasteiger partial charge in [0.2, 0.25) is 5.71 Å². The molecule has 4 aromatic heterocycles. The highest BCUT2D eigenvalue weighted by Crippen LogP contribution is 2.51. The van der Waals surface area contributed by atoms with Crippen LogP contribution < -0.4 is 19.6 Å². The molecule has 0 fully saturated rings. The van der Waals surface area contributed by atoms with E-state index >= 15 is 0 Å². The van der Waals surface area contributed by atoms with Gasteiger partial charge in [0.1, 0.15) is 12.3 Å². The van der Waals surface area contributed by atoms with E-state index < -0.39 is 0 Å². The second kappa shape index (κ2) is 7.59. The van der Waals surface area contributed by atoms with E-state index in [1.165, 1.54) is 0 Å². The molecule has 0 unspecified atom stereocenters. The predicted octanol–water partition coefficient (Wildman–Crippen LogP) is 6.26. The minimum atomic E-state index is 0.0500. The summed E-state index contributed by atoms with van der Waals surface area (Å²) in [5.74, 6) is 1.88. The van der Waals surface area contributed by atoms with Crippen LogP contribution >= 0.6 is 0 Å². The second-order valence-electron chi connectivity index (χ2n) is 10.1. The van der Waals surface area contributed by atoms with Crippen LogP contribution in [0.15, 0.2) is 59.3 Å². The van der Waals surface area contributed by atoms with Crippen molar-refractivity contribution in [3.8, 4) is 0 Å². The molecule has 6 heterocycles. The number of nitrogens with zero attached hydrogens (tertiary/aromatic N) is 7. The summed E-state index contributed by atoms with van der Waals surface area (Å²) in [6, 6.07) is 14.6. The van der Waals surface area contributed by atoms with Crippen LogP contribution in [0.5, 0.6) is 0 Å². The topological polar surface area (TPSA) is 64.8 Å². The lowest BCUT2D eigenvalue weighted by molar-refractivity contribution is 0.646. The van der Waals surface area contributed by atoms with Crippen LogP contribution in [0.25, 0.3) is 22.1 Å². The fourth-order valence-corrected chi connectivity index (χ4v) is 5.90. The average Bonchev–Trinajstić information content (AvgIpc) is 3.47. The number of rotatable bonds is 2. The standard InChI is InChI=1S/C29H29N7O/c1-16-11-12-20-21-15-24(35-18(3)33(5)22-9-7-13-30-27(22)35)17(2)25(26(21)37-29(20)32-16)36-19(4)34(6)23-10-8-14-31-28(23)36/h7-15,18-19H,1-6H3/t18-,19+/m1/s1. The fraction of sp³-hybridized carbons (Fsp3) is 0.276. The Morgan fingerprint density at radius 2 is 1.38 bits per heavy atom. The number of hydrogen-bond acceptors (Lipinski definition) is 8. The molecule has 0 amide bonds. The van der Waals surface area contributed by atoms with Crippen LogP contribution in [0.1, 0.15) is 25.1 Å². The first kappa shape index (κ1) is 21.9. The molecule has 186 valence electrons. The summed E-state index contributed by atoms with van der Waals surface area (Å²) in [6.45, 7) is 8.59. The van der Waals surface area contributed by atoms with Gasteiger partial charge in [0.15, 0.2) is 17.2 Å². The largest absolute Gasteiger partial charge is 0.435 e. The summed E-state index contributed by atoms with van der Waals surface area (Å²) < 4.78 is 6.55. The van der Waals surface area contributed by atoms with Crippen LogP contribution in [0.2, 0.25) is 0 Å². The van der Waals surface area contributed by atoms with Gasteiger partial charge in [-0.2, -0.15) is 0 Å². The monoisotopic (exact) mass is 491 g/mol. The molecular weight excluding hydrogens is 462 g/mol. The van der Waals surface area contributed by atoms with Crippen molar-refractivity contribution in [3.63, 3.8) is 0 Å². The maximum absolute atomic E-state index is 6.55. The molecule has 0 N–H and O–H groups in total. The Hall–Kier alpha value is -4.33. The summed E-state index contributed by atoms with van der Waals surface area (Å²) >= 11 is 0. The molecule has 0 radical (unpaired) electrons. The van der Waals surface area contributed by atoms with Crippen molar-refractivity contribution in [2.24, 2.45) is 0 Å². The first-order chi connectivity index (χ1) is 17.9. The summed E-state index contributed by atoms with van der Waals surface area (Å²) in [7, 11) is 4.24. The van der Waals surface area contributed by atoms with Crippen molar-refractivity contribution in [1.29, 1.82) is 0 Å². The summed E-state index contributed by atoms with van der Waals surface area (Å²) in [6.07, 6.45) is 3.87. The number of aromatic nitrogens is 3. The molecule has 0 bridgehead atoms. The smallest absolute Gasteiger partial charge is 0.227 e. The highest BCUT2D eigenvalue weighted by molar-refractivity contribution is 6.12. The normalized spacial score (nSPS) is 18.9. The molecule has 2 aliphatic rings. The zero-order valence-corrected chi connectivity index (χ0v) is 21.9. The van der Waals surface area contributed by atoms with Gasteiger partial charge in [-0.1, -0.05) is 0 Å². The molecule has 5 aromatic rings. The molecule has 2 atom stereocenters. The van der Waals surface area contributed by atoms with E-state index in [0.29, 0.717) is 5.71 Å². The minimum absolute atomic E-state index is 0.0500. The molecular formula is C29H29N7O. The Kier molecular flexibility index (Phi) is 4.49. The summed E-state index contributed by atoms with van der Waals surface area (Å²) in [4.78, 5) is 23.5. The van der Waals surface area contributed by atoms with E-state index in [0.717, 1.165) is 62.0 Å². The van der Waals surface area contributed by atoms with Gasteiger partial charge in [0, 0.05) is 48.5 Å². The number of pyridine rings is 3. The van der Waals surface area contributed by atoms with Crippen LogP contribution in [0.4, 0.5) is 34.4 Å². The Morgan fingerprint density at radius 1 is 0.757 bits per heavy atom. The van der Waals surface area contributed by atoms with Gasteiger partial charge in [0.25, 0.3) is 0 Å². The average molecular weight is 492 g/mol. The van der Waals surface area contributed by atoms with Crippen LogP contribution in [0.3, 0.4) is 0 Å². The Morgan fingerprint density at radius 3 is 2.05 bits per heavy atom. The lowest BCUT2D eigenvalue weighted by Crippen LogP contribution is -2.37. The Bertz CT molecular complexity index is 1710. The second-order valence-corrected chi connectivity index (χ2v) is 10.1. The number of fused-ring (bicyclic) bond motifs is 5. The molecule has 0 aliphatic carbocycles. The van der Waals surface area contributed by atoms with Crippen LogP contribution in [0, 0.1) is 13.8 Å². The van der Waals surface area contributed by atoms with E-state index in [9.17, 15) is 0 Å². The van der Waals surface area contributed by atoms with Gasteiger partial charge in [-0.25, -0.2) is 15.0 Å². The van der Waals surface area contributed by atoms with E-state index in [1.807, 2.05) is 37.5 Å². The van der Waals surface area contributed by atoms with Crippen LogP contribution in [-0.4, -0.2) is 41.4 Å². The molecule has 8 nitrogen and oxygen atoms in total. The number of furan rings is 1. The van der Waals surface area contributed by atoms with Crippen molar-refractivity contribution in [3.05, 3.63) is 66.1 Å². The van der Waals surface area contributed by atoms with Gasteiger partial charge in [-0.3, -0.25) is 0 Å². The molecule has 0 spiro atoms. The number of hydrogen-bond donors (Lipinski definition) is 0. The number of benzene rings is 1. The number of aryl methyl sites for hydroxylation is 1. The minimum Gasteiger partial charge on any atom is -0.435 e. The molecule has 2 aliphatic heterocycles. The Balaban J connectivity index is 1.57. The van der Waals surface area contributed by atoms with Gasteiger partial charge >= 0.3 is 0 Å². The third kappa shape index (κ3) is 2.86. The van der Waals surface area contributed by atoms with E-state index in [2.05, 4.69) is 78.7 Å². The van der Waals surface area contributed by atoms with E-state index in [4.69, 9.17) is 19.4 Å². The van der Waals surface area contributed by atoms with Gasteiger partial charge in [0.05, 0.1) is 22.7 Å². The maximum Gasteiger partial charge on any atom is 0.227 e. The van der Waals surface area contributed by atoms with Crippen molar-refractivity contribution in [2.75, 3.05) is 33.7 Å². The highest BCUT2D eigenvalue weighted by atomic mass is 16.3. The van der Waals surface area contributed by atoms with E-state index in [1.54, 1.807) is 0 Å². The third-order valence-corrected chi connectivity index (χ3v) is 8.09. The molecule has 1 aromatic carbocycles. The van der Waals surface area contributed by atoms with Gasteiger partial charge < -0.3 is 24.0 Å². The molecule has 0 saturated heterocycles. The lowest BCUT2D eigenvalue weighted by atomic mass is 10.0. The molecule has 37 heavy (non-hydrogen) atoms. The Labute approximate surface area is 215 Å². The van der Waals surface area contributed by atoms with Crippen molar-refractivity contribution >= 4 is 56.5 Å². The molecule has 7 rings (SSSR count). The number of anilines is 6. The zero-order chi connectivity index (χ0) is 25.6. The summed E-state index contributed by atoms with van der Waals surface area (Å²) in [5, 5.41) is 2.04. The lowest BCUT2D eigenvalue weighted by Gasteiger charge is -2.32. The third-order valence-electron chi connectivity index (χ3n) is 8.09. The first-order valence-corrected chi connectivity index (χ1v) is 12.6. The maximum atomic E-state index is 6.55. The zero-order valence-electron chi connectivity index (χ0n) is 21.9. The highest BCUT2D eigenvalue weighted by Gasteiger charge is 2.39. The SMILES string of the molecule is Cc1ccc2c(n1)oc1c(N3c4ncccc4N(C)[C@@H]3C)c(C)c(N3c4ncccc4N(C)[C@H]3C)cc12. The van der Waals surface area contributed by atoms with Crippen molar-refractivity contribution in [1.82, 2.24) is 15.0 Å². The summed E-state index contributed by atoms with van der Waals surface area (Å²) in [5.41, 5.74) is 7.85. The fourth-order valence-electron chi connectivity index (χ4n) is 5.90. The quantitative estimate of drug-likeness (QED) is 0.287. The first-order valence-electron chi connectivity index (χ1n) is 12.6. The molecule has 0 saturated carbocycles. The van der Waals surface area contributed by atoms with Gasteiger partial charge in [-0.05, 0) is 70.2 Å². The van der Waals surface area contributed by atoms with Crippen molar-refractivity contribution in [2.45, 2.75) is 40.0 Å².